The summed E-state index contributed by atoms with van der Waals surface area (Å²) in [5.41, 5.74) is 0. The van der Waals surface area contributed by atoms with Crippen LogP contribution in [0.2, 0.25) is 0 Å². The zero-order valence-electron chi connectivity index (χ0n) is 12.8. The van der Waals surface area contributed by atoms with Crippen LogP contribution in [0.4, 0.5) is 0 Å². The fourth-order valence-electron chi connectivity index (χ4n) is 1.97. The van der Waals surface area contributed by atoms with Crippen molar-refractivity contribution >= 4 is 11.8 Å². The molecule has 6 heteroatoms. The van der Waals surface area contributed by atoms with Gasteiger partial charge in [-0.2, -0.15) is 0 Å². The van der Waals surface area contributed by atoms with E-state index >= 15 is 0 Å². The Balaban J connectivity index is 3.91. The Morgan fingerprint density at radius 1 is 1.00 bits per heavy atom. The maximum atomic E-state index is 11.6. The maximum absolute atomic E-state index is 11.6. The summed E-state index contributed by atoms with van der Waals surface area (Å²) in [5.74, 6) is -1.41. The van der Waals surface area contributed by atoms with Crippen LogP contribution in [-0.2, 0) is 14.3 Å². The Kier molecular flexibility index (Phi) is 12.1. The number of carbonyl (C=O) groups is 2. The van der Waals surface area contributed by atoms with E-state index in [0.29, 0.717) is 6.42 Å². The highest BCUT2D eigenvalue weighted by molar-refractivity contribution is 5.87. The van der Waals surface area contributed by atoms with Gasteiger partial charge >= 0.3 is 5.97 Å². The summed E-state index contributed by atoms with van der Waals surface area (Å²) in [7, 11) is 0. The average Bonchev–Trinajstić information content (AvgIpc) is 2.50. The largest absolute Gasteiger partial charge is 0.451 e. The summed E-state index contributed by atoms with van der Waals surface area (Å²) >= 11 is 0. The fourth-order valence-corrected chi connectivity index (χ4v) is 1.97. The van der Waals surface area contributed by atoms with Gasteiger partial charge in [0.2, 0.25) is 5.78 Å². The summed E-state index contributed by atoms with van der Waals surface area (Å²) in [6, 6.07) is 0. The lowest BCUT2D eigenvalue weighted by Gasteiger charge is -2.19. The molecule has 124 valence electrons. The smallest absolute Gasteiger partial charge is 0.306 e. The molecule has 0 aromatic heterocycles. The molecule has 0 saturated heterocycles. The number of unbranched alkanes of at least 4 members (excludes halogenated alkanes) is 6. The lowest BCUT2D eigenvalue weighted by atomic mass is 10.1. The number of carbonyl (C=O) groups excluding carboxylic acids is 2. The minimum absolute atomic E-state index is 0.168. The second kappa shape index (κ2) is 12.7. The number of aliphatic hydroxyl groups is 3. The predicted molar refractivity (Wildman–Crippen MR) is 77.7 cm³/mol. The zero-order valence-corrected chi connectivity index (χ0v) is 12.8. The molecule has 2 atom stereocenters. The van der Waals surface area contributed by atoms with Gasteiger partial charge in [0, 0.05) is 6.42 Å². The van der Waals surface area contributed by atoms with E-state index < -0.39 is 37.2 Å². The molecule has 21 heavy (non-hydrogen) atoms. The van der Waals surface area contributed by atoms with Crippen molar-refractivity contribution in [3.05, 3.63) is 0 Å². The molecule has 0 spiro atoms. The molecule has 0 aliphatic rings. The summed E-state index contributed by atoms with van der Waals surface area (Å²) in [6.45, 7) is 0.606. The molecule has 3 N–H and O–H groups in total. The van der Waals surface area contributed by atoms with Crippen LogP contribution < -0.4 is 0 Å². The topological polar surface area (TPSA) is 104 Å². The second-order valence-electron chi connectivity index (χ2n) is 5.16. The van der Waals surface area contributed by atoms with E-state index in [1.807, 2.05) is 0 Å². The van der Waals surface area contributed by atoms with Crippen molar-refractivity contribution in [2.45, 2.75) is 70.5 Å². The van der Waals surface area contributed by atoms with E-state index in [4.69, 9.17) is 14.9 Å². The summed E-state index contributed by atoms with van der Waals surface area (Å²) in [6.07, 6.45) is 4.60. The lowest BCUT2D eigenvalue weighted by molar-refractivity contribution is -0.164. The molecule has 0 radical (unpaired) electrons. The number of ether oxygens (including phenoxy) is 1. The van der Waals surface area contributed by atoms with Crippen LogP contribution in [0.3, 0.4) is 0 Å². The SMILES string of the molecule is CCCCCCCCCC(=O)O[C@H](C(=O)CO)[C@H](O)CO. The highest BCUT2D eigenvalue weighted by Crippen LogP contribution is 2.10. The van der Waals surface area contributed by atoms with Crippen molar-refractivity contribution in [2.24, 2.45) is 0 Å². The van der Waals surface area contributed by atoms with Gasteiger partial charge in [-0.05, 0) is 6.42 Å². The molecule has 6 nitrogen and oxygen atoms in total. The standard InChI is InChI=1S/C15H28O6/c1-2-3-4-5-6-7-8-9-14(20)21-15(12(18)10-16)13(19)11-17/h12,15-18H,2-11H2,1H3/t12-,15+/m1/s1. The Hall–Kier alpha value is -0.980. The summed E-state index contributed by atoms with van der Waals surface area (Å²) < 4.78 is 4.84. The number of esters is 1. The third-order valence-corrected chi connectivity index (χ3v) is 3.25. The minimum atomic E-state index is -1.50. The average molecular weight is 304 g/mol. The van der Waals surface area contributed by atoms with Gasteiger partial charge in [-0.25, -0.2) is 0 Å². The van der Waals surface area contributed by atoms with Gasteiger partial charge in [-0.1, -0.05) is 45.4 Å². The number of Topliss-reactive ketones (excluding diaryl/α,β-unsaturated/α-hetero) is 1. The first-order valence-corrected chi connectivity index (χ1v) is 7.68. The molecular weight excluding hydrogens is 276 g/mol. The molecule has 0 saturated carbocycles. The van der Waals surface area contributed by atoms with E-state index in [0.717, 1.165) is 19.3 Å². The predicted octanol–water partition coefficient (Wildman–Crippen LogP) is 0.953. The molecule has 0 heterocycles. The van der Waals surface area contributed by atoms with Gasteiger partial charge in [0.1, 0.15) is 12.7 Å². The Bertz CT molecular complexity index is 292. The molecule has 0 aliphatic heterocycles. The van der Waals surface area contributed by atoms with Gasteiger partial charge in [0.25, 0.3) is 0 Å². The summed E-state index contributed by atoms with van der Waals surface area (Å²) in [4.78, 5) is 22.9. The van der Waals surface area contributed by atoms with Gasteiger partial charge in [-0.15, -0.1) is 0 Å². The van der Waals surface area contributed by atoms with Crippen LogP contribution in [0, 0.1) is 0 Å². The van der Waals surface area contributed by atoms with Crippen LogP contribution in [0.15, 0.2) is 0 Å². The van der Waals surface area contributed by atoms with Crippen molar-refractivity contribution < 1.29 is 29.6 Å². The van der Waals surface area contributed by atoms with Crippen LogP contribution in [0.25, 0.3) is 0 Å². The first-order valence-electron chi connectivity index (χ1n) is 7.68. The van der Waals surface area contributed by atoms with E-state index in [1.165, 1.54) is 19.3 Å². The van der Waals surface area contributed by atoms with Crippen LogP contribution in [0.1, 0.15) is 58.3 Å². The Morgan fingerprint density at radius 2 is 1.57 bits per heavy atom. The third-order valence-electron chi connectivity index (χ3n) is 3.25. The second-order valence-corrected chi connectivity index (χ2v) is 5.16. The highest BCUT2D eigenvalue weighted by atomic mass is 16.6. The zero-order chi connectivity index (χ0) is 16.1. The van der Waals surface area contributed by atoms with E-state index in [1.54, 1.807) is 0 Å². The molecule has 0 aliphatic carbocycles. The molecule has 0 aromatic rings. The van der Waals surface area contributed by atoms with Crippen molar-refractivity contribution in [3.8, 4) is 0 Å². The molecule has 0 bridgehead atoms. The molecule has 0 fully saturated rings. The lowest BCUT2D eigenvalue weighted by Crippen LogP contribution is -2.41. The summed E-state index contributed by atoms with van der Waals surface area (Å²) in [5, 5.41) is 27.0. The van der Waals surface area contributed by atoms with Crippen molar-refractivity contribution in [1.29, 1.82) is 0 Å². The van der Waals surface area contributed by atoms with Crippen molar-refractivity contribution in [3.63, 3.8) is 0 Å². The first kappa shape index (κ1) is 20.0. The van der Waals surface area contributed by atoms with E-state index in [2.05, 4.69) is 6.92 Å². The molecule has 0 rings (SSSR count). The van der Waals surface area contributed by atoms with Gasteiger partial charge in [-0.3, -0.25) is 9.59 Å². The van der Waals surface area contributed by atoms with Gasteiger partial charge in [0.15, 0.2) is 6.10 Å². The van der Waals surface area contributed by atoms with Gasteiger partial charge < -0.3 is 20.1 Å². The first-order chi connectivity index (χ1) is 10.1. The third kappa shape index (κ3) is 9.55. The maximum Gasteiger partial charge on any atom is 0.306 e. The van der Waals surface area contributed by atoms with Crippen LogP contribution in [-0.4, -0.2) is 52.5 Å². The monoisotopic (exact) mass is 304 g/mol. The van der Waals surface area contributed by atoms with Crippen molar-refractivity contribution in [1.82, 2.24) is 0 Å². The van der Waals surface area contributed by atoms with Crippen molar-refractivity contribution in [2.75, 3.05) is 13.2 Å². The van der Waals surface area contributed by atoms with Gasteiger partial charge in [0.05, 0.1) is 6.61 Å². The fraction of sp³-hybridized carbons (Fsp3) is 0.867. The van der Waals surface area contributed by atoms with E-state index in [9.17, 15) is 14.7 Å². The number of rotatable bonds is 13. The number of hydrogen-bond acceptors (Lipinski definition) is 6. The molecule has 0 aromatic carbocycles. The number of ketones is 1. The molecule has 0 unspecified atom stereocenters. The quantitative estimate of drug-likeness (QED) is 0.346. The van der Waals surface area contributed by atoms with Crippen LogP contribution in [0.5, 0.6) is 0 Å². The van der Waals surface area contributed by atoms with E-state index in [-0.39, 0.29) is 6.42 Å². The number of hydrogen-bond donors (Lipinski definition) is 3. The minimum Gasteiger partial charge on any atom is -0.451 e. The molecule has 0 amide bonds. The van der Waals surface area contributed by atoms with Crippen LogP contribution >= 0.6 is 0 Å². The highest BCUT2D eigenvalue weighted by Gasteiger charge is 2.29. The normalized spacial score (nSPS) is 13.7. The Labute approximate surface area is 126 Å². The number of aliphatic hydroxyl groups excluding tert-OH is 3. The molecular formula is C15H28O6. The Morgan fingerprint density at radius 3 is 2.10 bits per heavy atom.